The zero-order chi connectivity index (χ0) is 14.3. The Morgan fingerprint density at radius 1 is 1.26 bits per heavy atom. The predicted octanol–water partition coefficient (Wildman–Crippen LogP) is 2.75. The number of aliphatic hydroxyl groups excluding tert-OH is 1. The standard InChI is InChI=1S/C16H27NO2/c1-4-15(17)16(2,11-12-18)10-9-13-5-7-14(19-3)8-6-13/h5-8,15,18H,4,9-12,17H2,1-3H3. The number of aliphatic hydroxyl groups is 1. The molecule has 0 radical (unpaired) electrons. The molecule has 1 rings (SSSR count). The third-order valence-corrected chi connectivity index (χ3v) is 4.16. The van der Waals surface area contributed by atoms with Crippen LogP contribution in [0.15, 0.2) is 24.3 Å². The molecule has 1 aromatic carbocycles. The second-order valence-corrected chi connectivity index (χ2v) is 5.49. The van der Waals surface area contributed by atoms with Crippen molar-refractivity contribution < 1.29 is 9.84 Å². The normalized spacial score (nSPS) is 15.8. The van der Waals surface area contributed by atoms with Crippen molar-refractivity contribution >= 4 is 0 Å². The van der Waals surface area contributed by atoms with Crippen molar-refractivity contribution in [2.75, 3.05) is 13.7 Å². The van der Waals surface area contributed by atoms with Gasteiger partial charge in [-0.2, -0.15) is 0 Å². The number of aryl methyl sites for hydroxylation is 1. The smallest absolute Gasteiger partial charge is 0.118 e. The quantitative estimate of drug-likeness (QED) is 0.760. The molecule has 0 fully saturated rings. The predicted molar refractivity (Wildman–Crippen MR) is 79.4 cm³/mol. The second-order valence-electron chi connectivity index (χ2n) is 5.49. The van der Waals surface area contributed by atoms with Gasteiger partial charge in [0.1, 0.15) is 5.75 Å². The van der Waals surface area contributed by atoms with Crippen molar-refractivity contribution in [2.45, 2.75) is 45.6 Å². The molecule has 0 aliphatic carbocycles. The average molecular weight is 265 g/mol. The minimum atomic E-state index is 0.00340. The molecule has 108 valence electrons. The Labute approximate surface area is 116 Å². The van der Waals surface area contributed by atoms with Gasteiger partial charge in [-0.15, -0.1) is 0 Å². The number of methoxy groups -OCH3 is 1. The number of hydrogen-bond donors (Lipinski definition) is 2. The maximum atomic E-state index is 9.24. The summed E-state index contributed by atoms with van der Waals surface area (Å²) in [6, 6.07) is 8.29. The van der Waals surface area contributed by atoms with E-state index in [1.54, 1.807) is 7.11 Å². The average Bonchev–Trinajstić information content (AvgIpc) is 2.45. The first-order valence-electron chi connectivity index (χ1n) is 7.05. The van der Waals surface area contributed by atoms with E-state index >= 15 is 0 Å². The van der Waals surface area contributed by atoms with E-state index in [-0.39, 0.29) is 18.1 Å². The number of benzene rings is 1. The molecule has 0 bridgehead atoms. The Bertz CT molecular complexity index is 364. The lowest BCUT2D eigenvalue weighted by Crippen LogP contribution is -2.40. The van der Waals surface area contributed by atoms with Gasteiger partial charge in [0.25, 0.3) is 0 Å². The maximum absolute atomic E-state index is 9.24. The van der Waals surface area contributed by atoms with Crippen LogP contribution in [0, 0.1) is 5.41 Å². The van der Waals surface area contributed by atoms with Crippen LogP contribution < -0.4 is 10.5 Å². The van der Waals surface area contributed by atoms with Crippen LogP contribution >= 0.6 is 0 Å². The van der Waals surface area contributed by atoms with Gasteiger partial charge in [0, 0.05) is 12.6 Å². The molecule has 0 aliphatic heterocycles. The molecular weight excluding hydrogens is 238 g/mol. The molecular formula is C16H27NO2. The summed E-state index contributed by atoms with van der Waals surface area (Å²) in [5.41, 5.74) is 7.51. The van der Waals surface area contributed by atoms with Crippen LogP contribution in [0.1, 0.15) is 38.7 Å². The lowest BCUT2D eigenvalue weighted by molar-refractivity contribution is 0.152. The molecule has 3 nitrogen and oxygen atoms in total. The third-order valence-electron chi connectivity index (χ3n) is 4.16. The molecule has 1 aromatic rings. The zero-order valence-electron chi connectivity index (χ0n) is 12.4. The topological polar surface area (TPSA) is 55.5 Å². The van der Waals surface area contributed by atoms with Gasteiger partial charge in [0.2, 0.25) is 0 Å². The van der Waals surface area contributed by atoms with E-state index in [9.17, 15) is 5.11 Å². The van der Waals surface area contributed by atoms with E-state index in [0.717, 1.165) is 31.4 Å². The van der Waals surface area contributed by atoms with Crippen molar-refractivity contribution in [1.29, 1.82) is 0 Å². The first-order valence-corrected chi connectivity index (χ1v) is 7.05. The minimum absolute atomic E-state index is 0.00340. The lowest BCUT2D eigenvalue weighted by atomic mass is 9.74. The molecule has 19 heavy (non-hydrogen) atoms. The minimum Gasteiger partial charge on any atom is -0.497 e. The van der Waals surface area contributed by atoms with E-state index < -0.39 is 0 Å². The second kappa shape index (κ2) is 7.51. The van der Waals surface area contributed by atoms with E-state index in [1.165, 1.54) is 5.56 Å². The van der Waals surface area contributed by atoms with Gasteiger partial charge in [-0.1, -0.05) is 26.0 Å². The monoisotopic (exact) mass is 265 g/mol. The number of hydrogen-bond acceptors (Lipinski definition) is 3. The van der Waals surface area contributed by atoms with Gasteiger partial charge in [-0.25, -0.2) is 0 Å². The largest absolute Gasteiger partial charge is 0.497 e. The van der Waals surface area contributed by atoms with Crippen LogP contribution in [0.2, 0.25) is 0 Å². The SMILES string of the molecule is CCC(N)C(C)(CCO)CCc1ccc(OC)cc1. The molecule has 3 heteroatoms. The van der Waals surface area contributed by atoms with Crippen molar-refractivity contribution in [1.82, 2.24) is 0 Å². The molecule has 3 N–H and O–H groups in total. The van der Waals surface area contributed by atoms with Crippen molar-refractivity contribution in [2.24, 2.45) is 11.1 Å². The van der Waals surface area contributed by atoms with Gasteiger partial charge in [0.05, 0.1) is 7.11 Å². The molecule has 2 atom stereocenters. The van der Waals surface area contributed by atoms with Crippen molar-refractivity contribution in [3.8, 4) is 5.75 Å². The van der Waals surface area contributed by atoms with E-state index in [0.29, 0.717) is 0 Å². The first-order chi connectivity index (χ1) is 9.05. The number of nitrogens with two attached hydrogens (primary N) is 1. The molecule has 2 unspecified atom stereocenters. The Morgan fingerprint density at radius 2 is 1.89 bits per heavy atom. The van der Waals surface area contributed by atoms with Crippen LogP contribution in [0.5, 0.6) is 5.75 Å². The molecule has 0 saturated carbocycles. The van der Waals surface area contributed by atoms with Gasteiger partial charge >= 0.3 is 0 Å². The number of ether oxygens (including phenoxy) is 1. The summed E-state index contributed by atoms with van der Waals surface area (Å²) in [7, 11) is 1.67. The highest BCUT2D eigenvalue weighted by molar-refractivity contribution is 5.27. The fraction of sp³-hybridized carbons (Fsp3) is 0.625. The Balaban J connectivity index is 2.64. The molecule has 0 spiro atoms. The van der Waals surface area contributed by atoms with Crippen molar-refractivity contribution in [3.05, 3.63) is 29.8 Å². The van der Waals surface area contributed by atoms with E-state index in [4.69, 9.17) is 10.5 Å². The lowest BCUT2D eigenvalue weighted by Gasteiger charge is -2.35. The molecule has 0 aliphatic rings. The fourth-order valence-electron chi connectivity index (χ4n) is 2.47. The van der Waals surface area contributed by atoms with Crippen LogP contribution in [0.3, 0.4) is 0 Å². The third kappa shape index (κ3) is 4.51. The van der Waals surface area contributed by atoms with Gasteiger partial charge in [-0.3, -0.25) is 0 Å². The van der Waals surface area contributed by atoms with Gasteiger partial charge in [0.15, 0.2) is 0 Å². The Hall–Kier alpha value is -1.06. The van der Waals surface area contributed by atoms with Crippen LogP contribution in [-0.4, -0.2) is 24.9 Å². The molecule has 0 heterocycles. The molecule has 0 amide bonds. The summed E-state index contributed by atoms with van der Waals surface area (Å²) in [5.74, 6) is 0.882. The molecule has 0 aromatic heterocycles. The van der Waals surface area contributed by atoms with Gasteiger partial charge < -0.3 is 15.6 Å². The molecule has 0 saturated heterocycles. The summed E-state index contributed by atoms with van der Waals surface area (Å²) >= 11 is 0. The van der Waals surface area contributed by atoms with Crippen LogP contribution in [0.4, 0.5) is 0 Å². The van der Waals surface area contributed by atoms with E-state index in [1.807, 2.05) is 12.1 Å². The first kappa shape index (κ1) is 16.0. The number of rotatable bonds is 8. The Kier molecular flexibility index (Phi) is 6.32. The van der Waals surface area contributed by atoms with Gasteiger partial charge in [-0.05, 0) is 48.8 Å². The maximum Gasteiger partial charge on any atom is 0.118 e. The summed E-state index contributed by atoms with van der Waals surface area (Å²) in [6.07, 6.45) is 3.68. The van der Waals surface area contributed by atoms with Crippen LogP contribution in [-0.2, 0) is 6.42 Å². The highest BCUT2D eigenvalue weighted by Crippen LogP contribution is 2.32. The summed E-state index contributed by atoms with van der Waals surface area (Å²) in [4.78, 5) is 0. The van der Waals surface area contributed by atoms with Crippen molar-refractivity contribution in [3.63, 3.8) is 0 Å². The fourth-order valence-corrected chi connectivity index (χ4v) is 2.47. The summed E-state index contributed by atoms with van der Waals surface area (Å²) in [5, 5.41) is 9.24. The highest BCUT2D eigenvalue weighted by atomic mass is 16.5. The summed E-state index contributed by atoms with van der Waals surface area (Å²) in [6.45, 7) is 4.49. The highest BCUT2D eigenvalue weighted by Gasteiger charge is 2.29. The summed E-state index contributed by atoms with van der Waals surface area (Å²) < 4.78 is 5.16. The van der Waals surface area contributed by atoms with Crippen LogP contribution in [0.25, 0.3) is 0 Å². The van der Waals surface area contributed by atoms with E-state index in [2.05, 4.69) is 26.0 Å². The zero-order valence-corrected chi connectivity index (χ0v) is 12.4. The Morgan fingerprint density at radius 3 is 2.37 bits per heavy atom.